The number of hydrogen-bond donors (Lipinski definition) is 1. The zero-order valence-corrected chi connectivity index (χ0v) is 9.54. The maximum Gasteiger partial charge on any atom is 0.308 e. The van der Waals surface area contributed by atoms with E-state index in [4.69, 9.17) is 0 Å². The Kier molecular flexibility index (Phi) is 3.08. The first-order valence-electron chi connectivity index (χ1n) is 5.49. The molecule has 17 heavy (non-hydrogen) atoms. The molecule has 0 aliphatic carbocycles. The maximum atomic E-state index is 11.7. The molecule has 0 saturated carbocycles. The van der Waals surface area contributed by atoms with E-state index in [2.05, 4.69) is 4.98 Å². The Balaban J connectivity index is 2.37. The van der Waals surface area contributed by atoms with Crippen molar-refractivity contribution in [3.05, 3.63) is 30.1 Å². The van der Waals surface area contributed by atoms with Crippen molar-refractivity contribution in [3.8, 4) is 0 Å². The van der Waals surface area contributed by atoms with Gasteiger partial charge in [0.2, 0.25) is 5.91 Å². The van der Waals surface area contributed by atoms with Crippen molar-refractivity contribution >= 4 is 11.9 Å². The zero-order chi connectivity index (χ0) is 12.4. The number of piperidine rings is 1. The fraction of sp³-hybridized carbons (Fsp3) is 0.417. The Morgan fingerprint density at radius 2 is 2.12 bits per heavy atom. The number of carboxylic acid groups (broad SMARTS) is 1. The van der Waals surface area contributed by atoms with Crippen LogP contribution in [0.3, 0.4) is 0 Å². The Labute approximate surface area is 99.1 Å². The highest BCUT2D eigenvalue weighted by Crippen LogP contribution is 2.35. The van der Waals surface area contributed by atoms with Crippen LogP contribution < -0.4 is 0 Å². The number of aliphatic carboxylic acids is 1. The molecule has 1 aliphatic heterocycles. The van der Waals surface area contributed by atoms with E-state index in [1.165, 1.54) is 4.90 Å². The third-order valence-corrected chi connectivity index (χ3v) is 3.23. The second-order valence-corrected chi connectivity index (χ2v) is 4.21. The van der Waals surface area contributed by atoms with Crippen molar-refractivity contribution in [2.45, 2.75) is 18.9 Å². The highest BCUT2D eigenvalue weighted by atomic mass is 16.4. The molecule has 0 bridgehead atoms. The number of hydrogen-bond acceptors (Lipinski definition) is 3. The predicted octanol–water partition coefficient (Wildman–Crippen LogP) is 1.08. The number of likely N-dealkylation sites (tertiary alicyclic amines) is 1. The van der Waals surface area contributed by atoms with E-state index in [1.54, 1.807) is 31.6 Å². The molecule has 1 amide bonds. The summed E-state index contributed by atoms with van der Waals surface area (Å²) in [6.07, 6.45) is 3.92. The lowest BCUT2D eigenvalue weighted by Crippen LogP contribution is -2.42. The third-order valence-electron chi connectivity index (χ3n) is 3.23. The van der Waals surface area contributed by atoms with Crippen LogP contribution in [0.25, 0.3) is 0 Å². The van der Waals surface area contributed by atoms with Gasteiger partial charge in [-0.05, 0) is 24.1 Å². The Morgan fingerprint density at radius 1 is 1.47 bits per heavy atom. The summed E-state index contributed by atoms with van der Waals surface area (Å²) in [5.41, 5.74) is 0.822. The molecule has 1 aliphatic rings. The van der Waals surface area contributed by atoms with Gasteiger partial charge in [-0.1, -0.05) is 0 Å². The van der Waals surface area contributed by atoms with Gasteiger partial charge < -0.3 is 10.0 Å². The molecule has 1 aromatic rings. The lowest BCUT2D eigenvalue weighted by molar-refractivity contribution is -0.150. The molecular weight excluding hydrogens is 220 g/mol. The van der Waals surface area contributed by atoms with Gasteiger partial charge in [-0.25, -0.2) is 0 Å². The van der Waals surface area contributed by atoms with Gasteiger partial charge >= 0.3 is 5.97 Å². The van der Waals surface area contributed by atoms with Crippen molar-refractivity contribution in [3.63, 3.8) is 0 Å². The summed E-state index contributed by atoms with van der Waals surface area (Å²) in [5, 5.41) is 9.22. The van der Waals surface area contributed by atoms with Gasteiger partial charge in [0.15, 0.2) is 0 Å². The van der Waals surface area contributed by atoms with Crippen molar-refractivity contribution < 1.29 is 14.7 Å². The van der Waals surface area contributed by atoms with Gasteiger partial charge in [-0.2, -0.15) is 0 Å². The van der Waals surface area contributed by atoms with Crippen LogP contribution in [0.15, 0.2) is 24.5 Å². The molecule has 0 radical (unpaired) electrons. The molecule has 2 heterocycles. The van der Waals surface area contributed by atoms with Crippen molar-refractivity contribution in [2.75, 3.05) is 7.05 Å². The van der Waals surface area contributed by atoms with Crippen LogP contribution in [0.2, 0.25) is 0 Å². The van der Waals surface area contributed by atoms with E-state index < -0.39 is 17.9 Å². The zero-order valence-electron chi connectivity index (χ0n) is 9.54. The summed E-state index contributed by atoms with van der Waals surface area (Å²) >= 11 is 0. The fourth-order valence-corrected chi connectivity index (χ4v) is 2.31. The fourth-order valence-electron chi connectivity index (χ4n) is 2.31. The molecule has 2 rings (SSSR count). The summed E-state index contributed by atoms with van der Waals surface area (Å²) in [6.45, 7) is 0. The Bertz CT molecular complexity index is 433. The maximum absolute atomic E-state index is 11.7. The third kappa shape index (κ3) is 2.13. The van der Waals surface area contributed by atoms with Crippen LogP contribution in [0.4, 0.5) is 0 Å². The van der Waals surface area contributed by atoms with Gasteiger partial charge in [-0.3, -0.25) is 14.6 Å². The summed E-state index contributed by atoms with van der Waals surface area (Å²) < 4.78 is 0. The number of carbonyl (C=O) groups is 2. The molecule has 0 spiro atoms. The van der Waals surface area contributed by atoms with Crippen LogP contribution in [-0.4, -0.2) is 33.9 Å². The van der Waals surface area contributed by atoms with Gasteiger partial charge in [0, 0.05) is 25.9 Å². The number of rotatable bonds is 2. The first-order chi connectivity index (χ1) is 8.11. The van der Waals surface area contributed by atoms with Gasteiger partial charge in [0.05, 0.1) is 12.0 Å². The molecule has 5 nitrogen and oxygen atoms in total. The van der Waals surface area contributed by atoms with Crippen LogP contribution in [0, 0.1) is 5.92 Å². The monoisotopic (exact) mass is 234 g/mol. The summed E-state index contributed by atoms with van der Waals surface area (Å²) in [6, 6.07) is 3.13. The predicted molar refractivity (Wildman–Crippen MR) is 60.1 cm³/mol. The molecule has 1 saturated heterocycles. The number of carboxylic acids is 1. The molecule has 2 atom stereocenters. The topological polar surface area (TPSA) is 70.5 Å². The second kappa shape index (κ2) is 4.53. The molecule has 90 valence electrons. The minimum Gasteiger partial charge on any atom is -0.481 e. The minimum atomic E-state index is -0.855. The minimum absolute atomic E-state index is 0.00990. The smallest absolute Gasteiger partial charge is 0.308 e. The number of aromatic nitrogens is 1. The number of pyridine rings is 1. The molecular formula is C12H14N2O3. The quantitative estimate of drug-likeness (QED) is 0.831. The van der Waals surface area contributed by atoms with Crippen molar-refractivity contribution in [2.24, 2.45) is 5.92 Å². The van der Waals surface area contributed by atoms with Crippen molar-refractivity contribution in [1.29, 1.82) is 0 Å². The van der Waals surface area contributed by atoms with Crippen LogP contribution >= 0.6 is 0 Å². The standard InChI is InChI=1S/C12H14N2O3/c1-14-10(15)3-2-9(12(16)17)11(14)8-4-6-13-7-5-8/h4-7,9,11H,2-3H2,1H3,(H,16,17)/t9-,11+/m0/s1. The van der Waals surface area contributed by atoms with Gasteiger partial charge in [0.25, 0.3) is 0 Å². The molecule has 1 aromatic heterocycles. The average molecular weight is 234 g/mol. The van der Waals surface area contributed by atoms with E-state index in [-0.39, 0.29) is 5.91 Å². The SMILES string of the molecule is CN1C(=O)CC[C@H](C(=O)O)[C@H]1c1ccncc1. The van der Waals surface area contributed by atoms with E-state index in [0.717, 1.165) is 5.56 Å². The average Bonchev–Trinajstić information content (AvgIpc) is 2.33. The Morgan fingerprint density at radius 3 is 2.71 bits per heavy atom. The number of nitrogens with zero attached hydrogens (tertiary/aromatic N) is 2. The highest BCUT2D eigenvalue weighted by molar-refractivity contribution is 5.81. The molecule has 0 aromatic carbocycles. The molecule has 0 unspecified atom stereocenters. The van der Waals surface area contributed by atoms with E-state index >= 15 is 0 Å². The van der Waals surface area contributed by atoms with Crippen LogP contribution in [-0.2, 0) is 9.59 Å². The highest BCUT2D eigenvalue weighted by Gasteiger charge is 2.38. The first-order valence-corrected chi connectivity index (χ1v) is 5.49. The normalized spacial score (nSPS) is 24.8. The number of amides is 1. The first kappa shape index (κ1) is 11.6. The molecule has 1 N–H and O–H groups in total. The van der Waals surface area contributed by atoms with E-state index in [9.17, 15) is 14.7 Å². The molecule has 5 heteroatoms. The largest absolute Gasteiger partial charge is 0.481 e. The van der Waals surface area contributed by atoms with Crippen LogP contribution in [0.1, 0.15) is 24.4 Å². The number of carbonyl (C=O) groups excluding carboxylic acids is 1. The second-order valence-electron chi connectivity index (χ2n) is 4.21. The van der Waals surface area contributed by atoms with Crippen molar-refractivity contribution in [1.82, 2.24) is 9.88 Å². The van der Waals surface area contributed by atoms with E-state index in [1.807, 2.05) is 0 Å². The summed E-state index contributed by atoms with van der Waals surface area (Å²) in [7, 11) is 1.66. The molecule has 1 fully saturated rings. The Hall–Kier alpha value is -1.91. The van der Waals surface area contributed by atoms with Gasteiger partial charge in [0.1, 0.15) is 0 Å². The lowest BCUT2D eigenvalue weighted by atomic mass is 9.85. The summed E-state index contributed by atoms with van der Waals surface area (Å²) in [5.74, 6) is -1.41. The van der Waals surface area contributed by atoms with Gasteiger partial charge in [-0.15, -0.1) is 0 Å². The lowest BCUT2D eigenvalue weighted by Gasteiger charge is -2.37. The summed E-state index contributed by atoms with van der Waals surface area (Å²) in [4.78, 5) is 28.3. The van der Waals surface area contributed by atoms with Crippen LogP contribution in [0.5, 0.6) is 0 Å². The van der Waals surface area contributed by atoms with E-state index in [0.29, 0.717) is 12.8 Å².